The molecule has 1 unspecified atom stereocenters. The molecule has 24 heavy (non-hydrogen) atoms. The highest BCUT2D eigenvalue weighted by molar-refractivity contribution is 7.89. The standard InChI is InChI=1S/C17H18F2N2O2S/c18-15-9-4-10-16(19)17(15)24(22,23)20-12-14-8-5-11-21(14)13-6-2-1-3-7-13/h1-4,6-7,9-10,14,20H,5,8,11-12H2. The van der Waals surface area contributed by atoms with Crippen molar-refractivity contribution in [3.8, 4) is 0 Å². The van der Waals surface area contributed by atoms with Crippen LogP contribution in [0, 0.1) is 11.6 Å². The number of sulfonamides is 1. The van der Waals surface area contributed by atoms with Crippen molar-refractivity contribution in [3.05, 3.63) is 60.2 Å². The summed E-state index contributed by atoms with van der Waals surface area (Å²) >= 11 is 0. The predicted molar refractivity (Wildman–Crippen MR) is 88.4 cm³/mol. The monoisotopic (exact) mass is 352 g/mol. The third kappa shape index (κ3) is 3.42. The minimum Gasteiger partial charge on any atom is -0.367 e. The molecule has 1 atom stereocenters. The lowest BCUT2D eigenvalue weighted by molar-refractivity contribution is 0.510. The Kier molecular flexibility index (Phi) is 4.82. The van der Waals surface area contributed by atoms with Gasteiger partial charge in [-0.1, -0.05) is 24.3 Å². The van der Waals surface area contributed by atoms with Gasteiger partial charge in [-0.25, -0.2) is 21.9 Å². The van der Waals surface area contributed by atoms with Crippen LogP contribution in [-0.2, 0) is 10.0 Å². The average molecular weight is 352 g/mol. The Labute approximate surface area is 140 Å². The summed E-state index contributed by atoms with van der Waals surface area (Å²) in [6, 6.07) is 12.6. The number of hydrogen-bond donors (Lipinski definition) is 1. The molecule has 1 aliphatic heterocycles. The number of nitrogens with zero attached hydrogens (tertiary/aromatic N) is 1. The fourth-order valence-corrected chi connectivity index (χ4v) is 4.23. The van der Waals surface area contributed by atoms with Crippen LogP contribution in [0.25, 0.3) is 0 Å². The van der Waals surface area contributed by atoms with Gasteiger partial charge in [0.15, 0.2) is 4.90 Å². The van der Waals surface area contributed by atoms with E-state index >= 15 is 0 Å². The molecule has 1 N–H and O–H groups in total. The van der Waals surface area contributed by atoms with Crippen LogP contribution < -0.4 is 9.62 Å². The molecule has 1 fully saturated rings. The third-order valence-corrected chi connectivity index (χ3v) is 5.64. The molecule has 0 radical (unpaired) electrons. The third-order valence-electron chi connectivity index (χ3n) is 4.16. The van der Waals surface area contributed by atoms with Crippen molar-refractivity contribution in [2.45, 2.75) is 23.8 Å². The van der Waals surface area contributed by atoms with Crippen LogP contribution in [0.15, 0.2) is 53.4 Å². The highest BCUT2D eigenvalue weighted by atomic mass is 32.2. The average Bonchev–Trinajstić information content (AvgIpc) is 3.02. The van der Waals surface area contributed by atoms with Crippen molar-refractivity contribution in [2.24, 2.45) is 0 Å². The topological polar surface area (TPSA) is 49.4 Å². The molecule has 0 bridgehead atoms. The Balaban J connectivity index is 1.75. The van der Waals surface area contributed by atoms with Crippen LogP contribution in [0.1, 0.15) is 12.8 Å². The van der Waals surface area contributed by atoms with Crippen LogP contribution in [0.3, 0.4) is 0 Å². The Morgan fingerprint density at radius 3 is 2.38 bits per heavy atom. The summed E-state index contributed by atoms with van der Waals surface area (Å²) in [7, 11) is -4.24. The summed E-state index contributed by atoms with van der Waals surface area (Å²) in [5, 5.41) is 0. The van der Waals surface area contributed by atoms with Crippen molar-refractivity contribution >= 4 is 15.7 Å². The Bertz CT molecular complexity index is 792. The van der Waals surface area contributed by atoms with E-state index in [0.717, 1.165) is 43.3 Å². The highest BCUT2D eigenvalue weighted by Crippen LogP contribution is 2.25. The highest BCUT2D eigenvalue weighted by Gasteiger charge is 2.29. The lowest BCUT2D eigenvalue weighted by Crippen LogP contribution is -2.40. The van der Waals surface area contributed by atoms with Crippen molar-refractivity contribution < 1.29 is 17.2 Å². The number of halogens is 2. The molecule has 3 rings (SSSR count). The smallest absolute Gasteiger partial charge is 0.246 e. The predicted octanol–water partition coefficient (Wildman–Crippen LogP) is 2.91. The maximum Gasteiger partial charge on any atom is 0.246 e. The minimum absolute atomic E-state index is 0.0444. The Morgan fingerprint density at radius 2 is 1.71 bits per heavy atom. The van der Waals surface area contributed by atoms with Crippen LogP contribution in [0.4, 0.5) is 14.5 Å². The molecule has 0 spiro atoms. The molecule has 2 aromatic rings. The van der Waals surface area contributed by atoms with Crippen molar-refractivity contribution in [1.82, 2.24) is 4.72 Å². The molecule has 1 aliphatic rings. The fraction of sp³-hybridized carbons (Fsp3) is 0.294. The van der Waals surface area contributed by atoms with Crippen molar-refractivity contribution in [1.29, 1.82) is 0 Å². The van der Waals surface area contributed by atoms with Crippen LogP contribution in [0.2, 0.25) is 0 Å². The molecular weight excluding hydrogens is 334 g/mol. The first-order chi connectivity index (χ1) is 11.5. The second kappa shape index (κ2) is 6.86. The molecule has 2 aromatic carbocycles. The van der Waals surface area contributed by atoms with E-state index in [1.165, 1.54) is 0 Å². The fourth-order valence-electron chi connectivity index (χ4n) is 3.02. The second-order valence-electron chi connectivity index (χ2n) is 5.73. The summed E-state index contributed by atoms with van der Waals surface area (Å²) in [6.07, 6.45) is 1.76. The summed E-state index contributed by atoms with van der Waals surface area (Å²) < 4.78 is 54.3. The zero-order valence-electron chi connectivity index (χ0n) is 13.0. The normalized spacial score (nSPS) is 18.1. The summed E-state index contributed by atoms with van der Waals surface area (Å²) in [5.74, 6) is -2.18. The SMILES string of the molecule is O=S(=O)(NCC1CCCN1c1ccccc1)c1c(F)cccc1F. The quantitative estimate of drug-likeness (QED) is 0.900. The maximum atomic E-state index is 13.7. The molecule has 7 heteroatoms. The first kappa shape index (κ1) is 16.9. The molecule has 1 heterocycles. The van der Waals surface area contributed by atoms with Gasteiger partial charge in [-0.2, -0.15) is 0 Å². The number of rotatable bonds is 5. The molecule has 0 amide bonds. The molecule has 128 valence electrons. The lowest BCUT2D eigenvalue weighted by atomic mass is 10.2. The van der Waals surface area contributed by atoms with E-state index in [0.29, 0.717) is 0 Å². The number of hydrogen-bond acceptors (Lipinski definition) is 3. The zero-order valence-corrected chi connectivity index (χ0v) is 13.8. The van der Waals surface area contributed by atoms with Crippen LogP contribution in [0.5, 0.6) is 0 Å². The summed E-state index contributed by atoms with van der Waals surface area (Å²) in [6.45, 7) is 0.926. The molecular formula is C17H18F2N2O2S. The van der Waals surface area contributed by atoms with E-state index in [4.69, 9.17) is 0 Å². The lowest BCUT2D eigenvalue weighted by Gasteiger charge is -2.27. The van der Waals surface area contributed by atoms with E-state index in [-0.39, 0.29) is 12.6 Å². The van der Waals surface area contributed by atoms with E-state index in [1.54, 1.807) is 0 Å². The maximum absolute atomic E-state index is 13.7. The second-order valence-corrected chi connectivity index (χ2v) is 7.43. The van der Waals surface area contributed by atoms with Gasteiger partial charge >= 0.3 is 0 Å². The van der Waals surface area contributed by atoms with E-state index in [1.807, 2.05) is 30.3 Å². The van der Waals surface area contributed by atoms with Gasteiger partial charge in [-0.05, 0) is 37.1 Å². The van der Waals surface area contributed by atoms with Gasteiger partial charge in [-0.3, -0.25) is 0 Å². The molecule has 0 aliphatic carbocycles. The van der Waals surface area contributed by atoms with Gasteiger partial charge in [0, 0.05) is 24.8 Å². The largest absolute Gasteiger partial charge is 0.367 e. The van der Waals surface area contributed by atoms with Gasteiger partial charge in [0.05, 0.1) is 0 Å². The van der Waals surface area contributed by atoms with Crippen molar-refractivity contribution in [2.75, 3.05) is 18.0 Å². The molecule has 4 nitrogen and oxygen atoms in total. The minimum atomic E-state index is -4.24. The number of benzene rings is 2. The van der Waals surface area contributed by atoms with Crippen LogP contribution >= 0.6 is 0 Å². The Morgan fingerprint density at radius 1 is 1.04 bits per heavy atom. The summed E-state index contributed by atoms with van der Waals surface area (Å²) in [4.78, 5) is 1.19. The number of anilines is 1. The van der Waals surface area contributed by atoms with Gasteiger partial charge < -0.3 is 4.90 Å². The Hall–Kier alpha value is -1.99. The number of nitrogens with one attached hydrogen (secondary N) is 1. The molecule has 1 saturated heterocycles. The van der Waals surface area contributed by atoms with Gasteiger partial charge in [0.1, 0.15) is 11.6 Å². The molecule has 0 aromatic heterocycles. The first-order valence-electron chi connectivity index (χ1n) is 7.74. The van der Waals surface area contributed by atoms with E-state index in [9.17, 15) is 17.2 Å². The van der Waals surface area contributed by atoms with Gasteiger partial charge in [0.2, 0.25) is 10.0 Å². The van der Waals surface area contributed by atoms with Gasteiger partial charge in [0.25, 0.3) is 0 Å². The molecule has 0 saturated carbocycles. The van der Waals surface area contributed by atoms with E-state index < -0.39 is 26.6 Å². The van der Waals surface area contributed by atoms with Crippen LogP contribution in [-0.4, -0.2) is 27.5 Å². The van der Waals surface area contributed by atoms with E-state index in [2.05, 4.69) is 9.62 Å². The van der Waals surface area contributed by atoms with Gasteiger partial charge in [-0.15, -0.1) is 0 Å². The number of para-hydroxylation sites is 1. The summed E-state index contributed by atoms with van der Waals surface area (Å²) in [5.41, 5.74) is 1.01. The van der Waals surface area contributed by atoms with Crippen molar-refractivity contribution in [3.63, 3.8) is 0 Å². The first-order valence-corrected chi connectivity index (χ1v) is 9.23. The zero-order chi connectivity index (χ0) is 17.2.